The van der Waals surface area contributed by atoms with Gasteiger partial charge in [-0.1, -0.05) is 11.6 Å². The molecule has 0 spiro atoms. The summed E-state index contributed by atoms with van der Waals surface area (Å²) in [5.74, 6) is 0.526. The van der Waals surface area contributed by atoms with Gasteiger partial charge in [-0.15, -0.1) is 0 Å². The summed E-state index contributed by atoms with van der Waals surface area (Å²) in [7, 11) is 0. The Kier molecular flexibility index (Phi) is 3.69. The molecule has 5 nitrogen and oxygen atoms in total. The molecular formula is C11H16ClN3O2. The van der Waals surface area contributed by atoms with Gasteiger partial charge in [-0.05, 0) is 26.2 Å². The average molecular weight is 258 g/mol. The lowest BCUT2D eigenvalue weighted by Gasteiger charge is -2.26. The number of rotatable bonds is 3. The molecule has 1 aromatic rings. The van der Waals surface area contributed by atoms with Crippen molar-refractivity contribution in [2.24, 2.45) is 0 Å². The number of nitrogens with one attached hydrogen (secondary N) is 1. The molecule has 17 heavy (non-hydrogen) atoms. The first kappa shape index (κ1) is 12.4. The molecule has 1 aliphatic rings. The van der Waals surface area contributed by atoms with Crippen LogP contribution in [0.3, 0.4) is 0 Å². The number of H-pyrrole nitrogens is 1. The summed E-state index contributed by atoms with van der Waals surface area (Å²) in [6, 6.07) is 0.210. The van der Waals surface area contributed by atoms with E-state index < -0.39 is 0 Å². The van der Waals surface area contributed by atoms with Crippen molar-refractivity contribution in [1.82, 2.24) is 9.97 Å². The van der Waals surface area contributed by atoms with Crippen LogP contribution in [0, 0.1) is 0 Å². The highest BCUT2D eigenvalue weighted by molar-refractivity contribution is 6.32. The number of aromatic nitrogens is 2. The van der Waals surface area contributed by atoms with E-state index in [1.165, 1.54) is 6.33 Å². The Balaban J connectivity index is 2.26. The molecule has 94 valence electrons. The van der Waals surface area contributed by atoms with Crippen molar-refractivity contribution in [2.75, 3.05) is 11.4 Å². The summed E-state index contributed by atoms with van der Waals surface area (Å²) in [6.45, 7) is 2.59. The molecule has 0 saturated carbocycles. The molecule has 0 amide bonds. The monoisotopic (exact) mass is 257 g/mol. The van der Waals surface area contributed by atoms with Crippen LogP contribution in [0.4, 0.5) is 5.82 Å². The van der Waals surface area contributed by atoms with Gasteiger partial charge in [0.05, 0.1) is 12.4 Å². The summed E-state index contributed by atoms with van der Waals surface area (Å²) >= 11 is 5.96. The molecule has 0 aromatic carbocycles. The van der Waals surface area contributed by atoms with Crippen LogP contribution in [-0.4, -0.2) is 33.8 Å². The lowest BCUT2D eigenvalue weighted by Crippen LogP contribution is -2.33. The highest BCUT2D eigenvalue weighted by Crippen LogP contribution is 2.29. The molecule has 0 bridgehead atoms. The fourth-order valence-electron chi connectivity index (χ4n) is 2.33. The predicted octanol–water partition coefficient (Wildman–Crippen LogP) is 1.16. The van der Waals surface area contributed by atoms with Gasteiger partial charge < -0.3 is 15.0 Å². The normalized spacial score (nSPS) is 21.8. The number of hydrogen-bond acceptors (Lipinski definition) is 4. The minimum absolute atomic E-state index is 0.130. The number of aliphatic hydroxyl groups is 1. The Morgan fingerprint density at radius 2 is 2.53 bits per heavy atom. The van der Waals surface area contributed by atoms with E-state index in [9.17, 15) is 9.90 Å². The van der Waals surface area contributed by atoms with E-state index in [4.69, 9.17) is 11.6 Å². The average Bonchev–Trinajstić information content (AvgIpc) is 2.69. The fourth-order valence-corrected chi connectivity index (χ4v) is 2.54. The summed E-state index contributed by atoms with van der Waals surface area (Å²) in [4.78, 5) is 20.0. The Morgan fingerprint density at radius 1 is 1.76 bits per heavy atom. The number of aromatic amines is 1. The first-order valence-corrected chi connectivity index (χ1v) is 6.15. The van der Waals surface area contributed by atoms with Gasteiger partial charge in [-0.25, -0.2) is 4.98 Å². The number of halogens is 1. The highest BCUT2D eigenvalue weighted by atomic mass is 35.5. The molecule has 2 rings (SSSR count). The first-order chi connectivity index (χ1) is 8.09. The Bertz CT molecular complexity index is 447. The van der Waals surface area contributed by atoms with Gasteiger partial charge in [0.2, 0.25) is 0 Å². The van der Waals surface area contributed by atoms with E-state index in [2.05, 4.69) is 9.97 Å². The second kappa shape index (κ2) is 5.06. The van der Waals surface area contributed by atoms with Crippen LogP contribution in [0.25, 0.3) is 0 Å². The third-order valence-corrected chi connectivity index (χ3v) is 3.38. The van der Waals surface area contributed by atoms with Crippen LogP contribution in [0.1, 0.15) is 26.2 Å². The van der Waals surface area contributed by atoms with Gasteiger partial charge >= 0.3 is 0 Å². The summed E-state index contributed by atoms with van der Waals surface area (Å²) in [5, 5.41) is 9.58. The van der Waals surface area contributed by atoms with Crippen LogP contribution >= 0.6 is 11.6 Å². The number of hydrogen-bond donors (Lipinski definition) is 2. The van der Waals surface area contributed by atoms with Crippen LogP contribution in [-0.2, 0) is 0 Å². The highest BCUT2D eigenvalue weighted by Gasteiger charge is 2.28. The molecule has 6 heteroatoms. The van der Waals surface area contributed by atoms with Crippen LogP contribution in [0.2, 0.25) is 5.02 Å². The predicted molar refractivity (Wildman–Crippen MR) is 66.5 cm³/mol. The zero-order chi connectivity index (χ0) is 12.4. The molecular weight excluding hydrogens is 242 g/mol. The SMILES string of the molecule is CC(O)CC1CCCN1c1nc[nH]c(=O)c1Cl. The van der Waals surface area contributed by atoms with Crippen molar-refractivity contribution >= 4 is 17.4 Å². The molecule has 2 N–H and O–H groups in total. The molecule has 2 atom stereocenters. The maximum absolute atomic E-state index is 11.4. The van der Waals surface area contributed by atoms with Crippen molar-refractivity contribution in [3.63, 3.8) is 0 Å². The van der Waals surface area contributed by atoms with Crippen LogP contribution < -0.4 is 10.5 Å². The molecule has 0 aliphatic carbocycles. The number of nitrogens with zero attached hydrogens (tertiary/aromatic N) is 2. The number of anilines is 1. The molecule has 1 saturated heterocycles. The molecule has 1 aromatic heterocycles. The van der Waals surface area contributed by atoms with E-state index in [0.29, 0.717) is 12.2 Å². The third-order valence-electron chi connectivity index (χ3n) is 3.04. The maximum Gasteiger partial charge on any atom is 0.271 e. The molecule has 2 heterocycles. The van der Waals surface area contributed by atoms with Gasteiger partial charge in [-0.2, -0.15) is 0 Å². The van der Waals surface area contributed by atoms with Crippen molar-refractivity contribution in [3.05, 3.63) is 21.7 Å². The van der Waals surface area contributed by atoms with E-state index in [-0.39, 0.29) is 22.7 Å². The Hall–Kier alpha value is -1.07. The van der Waals surface area contributed by atoms with Gasteiger partial charge in [0, 0.05) is 12.6 Å². The maximum atomic E-state index is 11.4. The van der Waals surface area contributed by atoms with Crippen molar-refractivity contribution in [3.8, 4) is 0 Å². The minimum Gasteiger partial charge on any atom is -0.393 e. The van der Waals surface area contributed by atoms with Crippen molar-refractivity contribution in [1.29, 1.82) is 0 Å². The van der Waals surface area contributed by atoms with E-state index in [1.807, 2.05) is 4.90 Å². The number of aliphatic hydroxyl groups excluding tert-OH is 1. The van der Waals surface area contributed by atoms with Gasteiger partial charge in [0.15, 0.2) is 5.82 Å². The zero-order valence-corrected chi connectivity index (χ0v) is 10.4. The standard InChI is InChI=1S/C11H16ClN3O2/c1-7(16)5-8-3-2-4-15(8)10-9(12)11(17)14-6-13-10/h6-8,16H,2-5H2,1H3,(H,13,14,17). The van der Waals surface area contributed by atoms with Gasteiger partial charge in [0.1, 0.15) is 5.02 Å². The first-order valence-electron chi connectivity index (χ1n) is 5.77. The minimum atomic E-state index is -0.360. The lowest BCUT2D eigenvalue weighted by atomic mass is 10.1. The van der Waals surface area contributed by atoms with Gasteiger partial charge in [-0.3, -0.25) is 4.79 Å². The zero-order valence-electron chi connectivity index (χ0n) is 9.69. The topological polar surface area (TPSA) is 69.2 Å². The van der Waals surface area contributed by atoms with E-state index >= 15 is 0 Å². The van der Waals surface area contributed by atoms with Crippen molar-refractivity contribution in [2.45, 2.75) is 38.3 Å². The van der Waals surface area contributed by atoms with E-state index in [1.54, 1.807) is 6.92 Å². The molecule has 0 radical (unpaired) electrons. The Labute approximate surface area is 104 Å². The summed E-state index contributed by atoms with van der Waals surface area (Å²) in [5.41, 5.74) is -0.320. The second-order valence-electron chi connectivity index (χ2n) is 4.44. The van der Waals surface area contributed by atoms with E-state index in [0.717, 1.165) is 19.4 Å². The van der Waals surface area contributed by atoms with Crippen LogP contribution in [0.15, 0.2) is 11.1 Å². The largest absolute Gasteiger partial charge is 0.393 e. The quantitative estimate of drug-likeness (QED) is 0.853. The smallest absolute Gasteiger partial charge is 0.271 e. The fraction of sp³-hybridized carbons (Fsp3) is 0.636. The second-order valence-corrected chi connectivity index (χ2v) is 4.82. The molecule has 1 aliphatic heterocycles. The van der Waals surface area contributed by atoms with Gasteiger partial charge in [0.25, 0.3) is 5.56 Å². The summed E-state index contributed by atoms with van der Waals surface area (Å²) in [6.07, 6.45) is 3.70. The molecule has 1 fully saturated rings. The third kappa shape index (κ3) is 2.61. The van der Waals surface area contributed by atoms with Crippen molar-refractivity contribution < 1.29 is 5.11 Å². The van der Waals surface area contributed by atoms with Crippen LogP contribution in [0.5, 0.6) is 0 Å². The summed E-state index contributed by atoms with van der Waals surface area (Å²) < 4.78 is 0. The Morgan fingerprint density at radius 3 is 3.24 bits per heavy atom. The lowest BCUT2D eigenvalue weighted by molar-refractivity contribution is 0.175. The molecule has 2 unspecified atom stereocenters.